The van der Waals surface area contributed by atoms with E-state index in [0.29, 0.717) is 6.54 Å². The number of aromatic nitrogens is 1. The summed E-state index contributed by atoms with van der Waals surface area (Å²) in [6.45, 7) is 7.23. The van der Waals surface area contributed by atoms with Crippen molar-refractivity contribution in [2.24, 2.45) is 0 Å². The SMILES string of the molecule is Cc1cc(C)c(Cn2cccc2CNC(=O)Nc2cc(F)ccc2F)c(C)c1. The van der Waals surface area contributed by atoms with Gasteiger partial charge in [0.2, 0.25) is 0 Å². The maximum absolute atomic E-state index is 13.6. The maximum Gasteiger partial charge on any atom is 0.319 e. The number of benzene rings is 2. The van der Waals surface area contributed by atoms with E-state index in [2.05, 4.69) is 48.1 Å². The van der Waals surface area contributed by atoms with Gasteiger partial charge in [0.05, 0.1) is 12.2 Å². The van der Waals surface area contributed by atoms with Gasteiger partial charge in [-0.2, -0.15) is 0 Å². The van der Waals surface area contributed by atoms with Crippen LogP contribution in [0.4, 0.5) is 19.3 Å². The molecule has 1 heterocycles. The van der Waals surface area contributed by atoms with Crippen LogP contribution in [0.25, 0.3) is 0 Å². The first kappa shape index (κ1) is 19.6. The summed E-state index contributed by atoms with van der Waals surface area (Å²) in [4.78, 5) is 12.1. The van der Waals surface area contributed by atoms with Crippen molar-refractivity contribution in [1.29, 1.82) is 0 Å². The minimum absolute atomic E-state index is 0.196. The average molecular weight is 383 g/mol. The third kappa shape index (κ3) is 4.57. The van der Waals surface area contributed by atoms with Crippen LogP contribution in [0.15, 0.2) is 48.7 Å². The van der Waals surface area contributed by atoms with Crippen molar-refractivity contribution in [3.8, 4) is 0 Å². The molecule has 0 atom stereocenters. The Morgan fingerprint density at radius 3 is 2.46 bits per heavy atom. The monoisotopic (exact) mass is 383 g/mol. The topological polar surface area (TPSA) is 46.1 Å². The fourth-order valence-corrected chi connectivity index (χ4v) is 3.32. The summed E-state index contributed by atoms with van der Waals surface area (Å²) in [6, 6.07) is 10.5. The molecule has 0 bridgehead atoms. The van der Waals surface area contributed by atoms with Crippen LogP contribution in [0.2, 0.25) is 0 Å². The summed E-state index contributed by atoms with van der Waals surface area (Å²) in [5, 5.41) is 5.02. The number of carbonyl (C=O) groups excluding carboxylic acids is 1. The first-order valence-electron chi connectivity index (χ1n) is 9.04. The molecule has 2 aromatic carbocycles. The summed E-state index contributed by atoms with van der Waals surface area (Å²) in [6.07, 6.45) is 1.96. The van der Waals surface area contributed by atoms with Gasteiger partial charge in [0.25, 0.3) is 0 Å². The maximum atomic E-state index is 13.6. The molecule has 0 aliphatic heterocycles. The van der Waals surface area contributed by atoms with Gasteiger partial charge in [-0.3, -0.25) is 0 Å². The molecule has 6 heteroatoms. The van der Waals surface area contributed by atoms with E-state index in [-0.39, 0.29) is 12.2 Å². The third-order valence-electron chi connectivity index (χ3n) is 4.70. The summed E-state index contributed by atoms with van der Waals surface area (Å²) >= 11 is 0. The smallest absolute Gasteiger partial charge is 0.319 e. The molecule has 0 aliphatic carbocycles. The Morgan fingerprint density at radius 2 is 1.75 bits per heavy atom. The number of hydrogen-bond donors (Lipinski definition) is 2. The normalized spacial score (nSPS) is 10.8. The predicted octanol–water partition coefficient (Wildman–Crippen LogP) is 5.06. The molecule has 1 aromatic heterocycles. The second-order valence-electron chi connectivity index (χ2n) is 6.94. The molecule has 0 saturated heterocycles. The van der Waals surface area contributed by atoms with E-state index in [9.17, 15) is 13.6 Å². The van der Waals surface area contributed by atoms with Crippen LogP contribution in [0, 0.1) is 32.4 Å². The van der Waals surface area contributed by atoms with Crippen LogP contribution in [0.5, 0.6) is 0 Å². The molecular weight excluding hydrogens is 360 g/mol. The number of nitrogens with one attached hydrogen (secondary N) is 2. The number of urea groups is 1. The first-order chi connectivity index (χ1) is 13.3. The number of aryl methyl sites for hydroxylation is 3. The first-order valence-corrected chi connectivity index (χ1v) is 9.04. The molecular formula is C22H23F2N3O. The number of nitrogens with zero attached hydrogens (tertiary/aromatic N) is 1. The summed E-state index contributed by atoms with van der Waals surface area (Å²) in [7, 11) is 0. The Bertz CT molecular complexity index is 988. The molecule has 146 valence electrons. The minimum atomic E-state index is -0.690. The highest BCUT2D eigenvalue weighted by Gasteiger charge is 2.10. The van der Waals surface area contributed by atoms with Crippen LogP contribution < -0.4 is 10.6 Å². The van der Waals surface area contributed by atoms with Gasteiger partial charge in [-0.15, -0.1) is 0 Å². The summed E-state index contributed by atoms with van der Waals surface area (Å²) < 4.78 is 28.9. The van der Waals surface area contributed by atoms with E-state index in [1.165, 1.54) is 22.3 Å². The highest BCUT2D eigenvalue weighted by molar-refractivity contribution is 5.89. The highest BCUT2D eigenvalue weighted by atomic mass is 19.1. The van der Waals surface area contributed by atoms with Crippen LogP contribution in [0.3, 0.4) is 0 Å². The van der Waals surface area contributed by atoms with Crippen molar-refractivity contribution in [1.82, 2.24) is 9.88 Å². The van der Waals surface area contributed by atoms with Crippen molar-refractivity contribution in [3.05, 3.63) is 88.2 Å². The molecule has 0 radical (unpaired) electrons. The average Bonchev–Trinajstić information content (AvgIpc) is 3.06. The molecule has 28 heavy (non-hydrogen) atoms. The van der Waals surface area contributed by atoms with E-state index in [1.807, 2.05) is 18.3 Å². The van der Waals surface area contributed by atoms with Crippen LogP contribution in [-0.2, 0) is 13.1 Å². The molecule has 0 fully saturated rings. The number of carbonyl (C=O) groups is 1. The largest absolute Gasteiger partial charge is 0.345 e. The molecule has 3 aromatic rings. The van der Waals surface area contributed by atoms with E-state index in [1.54, 1.807) is 0 Å². The summed E-state index contributed by atoms with van der Waals surface area (Å²) in [5.41, 5.74) is 5.64. The molecule has 2 amide bonds. The predicted molar refractivity (Wildman–Crippen MR) is 106 cm³/mol. The zero-order chi connectivity index (χ0) is 20.3. The lowest BCUT2D eigenvalue weighted by atomic mass is 10.00. The zero-order valence-corrected chi connectivity index (χ0v) is 16.1. The van der Waals surface area contributed by atoms with Crippen molar-refractivity contribution in [2.45, 2.75) is 33.9 Å². The van der Waals surface area contributed by atoms with Gasteiger partial charge in [0.1, 0.15) is 11.6 Å². The highest BCUT2D eigenvalue weighted by Crippen LogP contribution is 2.19. The molecule has 0 saturated carbocycles. The van der Waals surface area contributed by atoms with Crippen LogP contribution in [0.1, 0.15) is 27.9 Å². The lowest BCUT2D eigenvalue weighted by Gasteiger charge is -2.15. The van der Waals surface area contributed by atoms with Gasteiger partial charge in [0.15, 0.2) is 0 Å². The fraction of sp³-hybridized carbons (Fsp3) is 0.227. The van der Waals surface area contributed by atoms with Crippen molar-refractivity contribution < 1.29 is 13.6 Å². The van der Waals surface area contributed by atoms with Gasteiger partial charge in [-0.1, -0.05) is 17.7 Å². The minimum Gasteiger partial charge on any atom is -0.345 e. The molecule has 0 spiro atoms. The van der Waals surface area contributed by atoms with E-state index in [0.717, 1.165) is 23.9 Å². The number of anilines is 1. The van der Waals surface area contributed by atoms with Crippen LogP contribution >= 0.6 is 0 Å². The standard InChI is InChI=1S/C22H23F2N3O/c1-14-9-15(2)19(16(3)10-14)13-27-8-4-5-18(27)12-25-22(28)26-21-11-17(23)6-7-20(21)24/h4-11H,12-13H2,1-3H3,(H2,25,26,28). The lowest BCUT2D eigenvalue weighted by molar-refractivity contribution is 0.251. The van der Waals surface area contributed by atoms with E-state index in [4.69, 9.17) is 0 Å². The van der Waals surface area contributed by atoms with Crippen LogP contribution in [-0.4, -0.2) is 10.6 Å². The molecule has 4 nitrogen and oxygen atoms in total. The number of hydrogen-bond acceptors (Lipinski definition) is 1. The molecule has 0 unspecified atom stereocenters. The Kier molecular flexibility index (Phi) is 5.78. The van der Waals surface area contributed by atoms with E-state index < -0.39 is 17.7 Å². The molecule has 3 rings (SSSR count). The van der Waals surface area contributed by atoms with Gasteiger partial charge in [-0.05, 0) is 61.7 Å². The van der Waals surface area contributed by atoms with E-state index >= 15 is 0 Å². The quantitative estimate of drug-likeness (QED) is 0.635. The van der Waals surface area contributed by atoms with Gasteiger partial charge in [-0.25, -0.2) is 13.6 Å². The lowest BCUT2D eigenvalue weighted by Crippen LogP contribution is -2.29. The Hall–Kier alpha value is -3.15. The second-order valence-corrected chi connectivity index (χ2v) is 6.94. The Morgan fingerprint density at radius 1 is 1.04 bits per heavy atom. The number of rotatable bonds is 5. The Labute approximate surface area is 163 Å². The number of amides is 2. The van der Waals surface area contributed by atoms with Crippen molar-refractivity contribution in [3.63, 3.8) is 0 Å². The van der Waals surface area contributed by atoms with Gasteiger partial charge in [0, 0.05) is 24.5 Å². The Balaban J connectivity index is 1.66. The van der Waals surface area contributed by atoms with Crippen molar-refractivity contribution >= 4 is 11.7 Å². The fourth-order valence-electron chi connectivity index (χ4n) is 3.32. The third-order valence-corrected chi connectivity index (χ3v) is 4.70. The van der Waals surface area contributed by atoms with Crippen molar-refractivity contribution in [2.75, 3.05) is 5.32 Å². The molecule has 0 aliphatic rings. The van der Waals surface area contributed by atoms with Gasteiger partial charge >= 0.3 is 6.03 Å². The second kappa shape index (κ2) is 8.25. The number of halogens is 2. The zero-order valence-electron chi connectivity index (χ0n) is 16.1. The van der Waals surface area contributed by atoms with Gasteiger partial charge < -0.3 is 15.2 Å². The summed E-state index contributed by atoms with van der Waals surface area (Å²) in [5.74, 6) is -1.31. The molecule has 2 N–H and O–H groups in total.